The Hall–Kier alpha value is -3.47. The molecule has 0 aliphatic rings. The molecule has 2 N–H and O–H groups in total. The van der Waals surface area contributed by atoms with Gasteiger partial charge in [0, 0.05) is 11.4 Å². The molecule has 5 nitrogen and oxygen atoms in total. The number of anilines is 2. The first-order valence-electron chi connectivity index (χ1n) is 9.76. The first-order valence-corrected chi connectivity index (χ1v) is 9.76. The Morgan fingerprint density at radius 3 is 2.07 bits per heavy atom. The summed E-state index contributed by atoms with van der Waals surface area (Å²) in [7, 11) is 0. The third-order valence-electron chi connectivity index (χ3n) is 4.17. The first kappa shape index (κ1) is 20.3. The maximum absolute atomic E-state index is 12.2. The molecule has 150 valence electrons. The molecule has 5 heteroatoms. The molecular weight excluding hydrogens is 364 g/mol. The van der Waals surface area contributed by atoms with Crippen LogP contribution < -0.4 is 20.1 Å². The van der Waals surface area contributed by atoms with Crippen LogP contribution in [0.4, 0.5) is 11.4 Å². The maximum atomic E-state index is 12.2. The van der Waals surface area contributed by atoms with Crippen LogP contribution in [-0.2, 0) is 11.4 Å². The molecule has 0 unspecified atom stereocenters. The number of amides is 1. The molecular formula is C24H26N2O3. The standard InChI is InChI=1S/C24H26N2O3/c1-2-16-28-22-12-8-20(9-13-22)25-17-24(27)26-21-10-14-23(15-11-21)29-18-19-6-4-3-5-7-19/h3-15,25H,2,16-18H2,1H3,(H,26,27). The quantitative estimate of drug-likeness (QED) is 0.505. The van der Waals surface area contributed by atoms with Crippen molar-refractivity contribution in [1.82, 2.24) is 0 Å². The summed E-state index contributed by atoms with van der Waals surface area (Å²) in [6, 6.07) is 24.9. The summed E-state index contributed by atoms with van der Waals surface area (Å²) in [4.78, 5) is 12.2. The maximum Gasteiger partial charge on any atom is 0.243 e. The SMILES string of the molecule is CCCOc1ccc(NCC(=O)Nc2ccc(OCc3ccccc3)cc2)cc1. The van der Waals surface area contributed by atoms with Crippen LogP contribution in [0.3, 0.4) is 0 Å². The number of benzene rings is 3. The highest BCUT2D eigenvalue weighted by molar-refractivity contribution is 5.93. The van der Waals surface area contributed by atoms with E-state index < -0.39 is 0 Å². The number of carbonyl (C=O) groups excluding carboxylic acids is 1. The molecule has 29 heavy (non-hydrogen) atoms. The highest BCUT2D eigenvalue weighted by Crippen LogP contribution is 2.18. The molecule has 0 atom stereocenters. The molecule has 0 saturated heterocycles. The molecule has 0 aliphatic heterocycles. The van der Waals surface area contributed by atoms with E-state index >= 15 is 0 Å². The normalized spacial score (nSPS) is 10.2. The fraction of sp³-hybridized carbons (Fsp3) is 0.208. The summed E-state index contributed by atoms with van der Waals surface area (Å²) in [5, 5.41) is 5.98. The molecule has 0 fully saturated rings. The minimum absolute atomic E-state index is 0.116. The Morgan fingerprint density at radius 1 is 0.793 bits per heavy atom. The second kappa shape index (κ2) is 10.8. The smallest absolute Gasteiger partial charge is 0.243 e. The Balaban J connectivity index is 1.42. The van der Waals surface area contributed by atoms with E-state index in [-0.39, 0.29) is 12.5 Å². The van der Waals surface area contributed by atoms with Crippen molar-refractivity contribution in [3.8, 4) is 11.5 Å². The zero-order valence-corrected chi connectivity index (χ0v) is 16.6. The fourth-order valence-electron chi connectivity index (χ4n) is 2.65. The fourth-order valence-corrected chi connectivity index (χ4v) is 2.65. The number of hydrogen-bond acceptors (Lipinski definition) is 4. The van der Waals surface area contributed by atoms with Gasteiger partial charge in [0.1, 0.15) is 18.1 Å². The number of nitrogens with one attached hydrogen (secondary N) is 2. The van der Waals surface area contributed by atoms with Crippen LogP contribution in [-0.4, -0.2) is 19.1 Å². The molecule has 1 amide bonds. The minimum Gasteiger partial charge on any atom is -0.494 e. The van der Waals surface area contributed by atoms with Crippen molar-refractivity contribution in [2.75, 3.05) is 23.8 Å². The Morgan fingerprint density at radius 2 is 1.41 bits per heavy atom. The van der Waals surface area contributed by atoms with Crippen LogP contribution in [0.5, 0.6) is 11.5 Å². The molecule has 0 heterocycles. The average Bonchev–Trinajstić information content (AvgIpc) is 2.77. The van der Waals surface area contributed by atoms with Crippen LogP contribution in [0.15, 0.2) is 78.9 Å². The second-order valence-corrected chi connectivity index (χ2v) is 6.57. The Kier molecular flexibility index (Phi) is 7.52. The second-order valence-electron chi connectivity index (χ2n) is 6.57. The first-order chi connectivity index (χ1) is 14.2. The van der Waals surface area contributed by atoms with Gasteiger partial charge in [0.05, 0.1) is 13.2 Å². The highest BCUT2D eigenvalue weighted by atomic mass is 16.5. The lowest BCUT2D eigenvalue weighted by atomic mass is 10.2. The van der Waals surface area contributed by atoms with Crippen molar-refractivity contribution in [2.24, 2.45) is 0 Å². The van der Waals surface area contributed by atoms with E-state index in [1.165, 1.54) is 0 Å². The van der Waals surface area contributed by atoms with Gasteiger partial charge in [-0.1, -0.05) is 37.3 Å². The number of rotatable bonds is 10. The van der Waals surface area contributed by atoms with E-state index in [0.29, 0.717) is 13.2 Å². The van der Waals surface area contributed by atoms with Gasteiger partial charge in [-0.05, 0) is 60.5 Å². The zero-order valence-electron chi connectivity index (χ0n) is 16.6. The van der Waals surface area contributed by atoms with Gasteiger partial charge >= 0.3 is 0 Å². The summed E-state index contributed by atoms with van der Waals surface area (Å²) in [5.74, 6) is 1.47. The van der Waals surface area contributed by atoms with Gasteiger partial charge in [-0.2, -0.15) is 0 Å². The topological polar surface area (TPSA) is 59.6 Å². The predicted octanol–water partition coefficient (Wildman–Crippen LogP) is 5.11. The van der Waals surface area contributed by atoms with E-state index in [1.807, 2.05) is 78.9 Å². The van der Waals surface area contributed by atoms with Crippen LogP contribution >= 0.6 is 0 Å². The molecule has 3 aromatic rings. The van der Waals surface area contributed by atoms with Crippen LogP contribution in [0.1, 0.15) is 18.9 Å². The van der Waals surface area contributed by atoms with E-state index in [2.05, 4.69) is 17.6 Å². The van der Waals surface area contributed by atoms with Crippen LogP contribution in [0.2, 0.25) is 0 Å². The van der Waals surface area contributed by atoms with E-state index in [4.69, 9.17) is 9.47 Å². The highest BCUT2D eigenvalue weighted by Gasteiger charge is 2.04. The van der Waals surface area contributed by atoms with Crippen molar-refractivity contribution < 1.29 is 14.3 Å². The van der Waals surface area contributed by atoms with E-state index in [9.17, 15) is 4.79 Å². The lowest BCUT2D eigenvalue weighted by Gasteiger charge is -2.10. The third kappa shape index (κ3) is 6.88. The lowest BCUT2D eigenvalue weighted by molar-refractivity contribution is -0.114. The number of hydrogen-bond donors (Lipinski definition) is 2. The lowest BCUT2D eigenvalue weighted by Crippen LogP contribution is -2.21. The van der Waals surface area contributed by atoms with Crippen molar-refractivity contribution >= 4 is 17.3 Å². The molecule has 0 spiro atoms. The summed E-state index contributed by atoms with van der Waals surface area (Å²) < 4.78 is 11.3. The molecule has 3 rings (SSSR count). The van der Waals surface area contributed by atoms with Gasteiger partial charge in [-0.3, -0.25) is 4.79 Å². The summed E-state index contributed by atoms with van der Waals surface area (Å²) in [6.07, 6.45) is 0.973. The molecule has 3 aromatic carbocycles. The van der Waals surface area contributed by atoms with Gasteiger partial charge in [-0.15, -0.1) is 0 Å². The molecule has 0 aliphatic carbocycles. The van der Waals surface area contributed by atoms with Gasteiger partial charge in [0.25, 0.3) is 0 Å². The van der Waals surface area contributed by atoms with E-state index in [1.54, 1.807) is 0 Å². The Bertz CT molecular complexity index is 878. The van der Waals surface area contributed by atoms with Crippen LogP contribution in [0.25, 0.3) is 0 Å². The summed E-state index contributed by atoms with van der Waals surface area (Å²) in [5.41, 5.74) is 2.71. The largest absolute Gasteiger partial charge is 0.494 e. The number of ether oxygens (including phenoxy) is 2. The van der Waals surface area contributed by atoms with Crippen molar-refractivity contribution in [3.05, 3.63) is 84.4 Å². The summed E-state index contributed by atoms with van der Waals surface area (Å²) in [6.45, 7) is 3.46. The van der Waals surface area contributed by atoms with Crippen molar-refractivity contribution in [1.29, 1.82) is 0 Å². The molecule has 0 radical (unpaired) electrons. The third-order valence-corrected chi connectivity index (χ3v) is 4.17. The average molecular weight is 390 g/mol. The summed E-state index contributed by atoms with van der Waals surface area (Å²) >= 11 is 0. The van der Waals surface area contributed by atoms with Gasteiger partial charge < -0.3 is 20.1 Å². The number of carbonyl (C=O) groups is 1. The monoisotopic (exact) mass is 390 g/mol. The predicted molar refractivity (Wildman–Crippen MR) is 117 cm³/mol. The molecule has 0 saturated carbocycles. The Labute approximate surface area is 171 Å². The minimum atomic E-state index is -0.116. The van der Waals surface area contributed by atoms with Crippen molar-refractivity contribution in [2.45, 2.75) is 20.0 Å². The van der Waals surface area contributed by atoms with E-state index in [0.717, 1.165) is 34.9 Å². The van der Waals surface area contributed by atoms with Crippen LogP contribution in [0, 0.1) is 0 Å². The zero-order chi connectivity index (χ0) is 20.3. The molecule has 0 aromatic heterocycles. The van der Waals surface area contributed by atoms with Gasteiger partial charge in [0.2, 0.25) is 5.91 Å². The van der Waals surface area contributed by atoms with Gasteiger partial charge in [-0.25, -0.2) is 0 Å². The van der Waals surface area contributed by atoms with Gasteiger partial charge in [0.15, 0.2) is 0 Å². The molecule has 0 bridgehead atoms. The van der Waals surface area contributed by atoms with Crippen molar-refractivity contribution in [3.63, 3.8) is 0 Å².